The van der Waals surface area contributed by atoms with Crippen molar-refractivity contribution in [1.29, 1.82) is 0 Å². The highest BCUT2D eigenvalue weighted by Gasteiger charge is 2.23. The zero-order chi connectivity index (χ0) is 8.39. The van der Waals surface area contributed by atoms with Crippen molar-refractivity contribution in [1.82, 2.24) is 10.3 Å². The van der Waals surface area contributed by atoms with Crippen LogP contribution in [0.25, 0.3) is 0 Å². The Kier molecular flexibility index (Phi) is 2.53. The van der Waals surface area contributed by atoms with E-state index < -0.39 is 10.8 Å². The number of aromatic nitrogens is 1. The van der Waals surface area contributed by atoms with Gasteiger partial charge in [0.25, 0.3) is 0 Å². The van der Waals surface area contributed by atoms with Gasteiger partial charge in [0.15, 0.2) is 4.34 Å². The Bertz CT molecular complexity index is 267. The van der Waals surface area contributed by atoms with Crippen LogP contribution in [0.4, 0.5) is 0 Å². The van der Waals surface area contributed by atoms with Crippen LogP contribution in [0.3, 0.4) is 0 Å². The van der Waals surface area contributed by atoms with Crippen LogP contribution in [0.5, 0.6) is 0 Å². The molecule has 1 aromatic heterocycles. The average Bonchev–Trinajstić information content (AvgIpc) is 2.77. The van der Waals surface area contributed by atoms with E-state index in [1.807, 2.05) is 5.38 Å². The Balaban J connectivity index is 2.09. The summed E-state index contributed by atoms with van der Waals surface area (Å²) in [7, 11) is -0.883. The molecule has 5 heteroatoms. The van der Waals surface area contributed by atoms with Crippen molar-refractivity contribution >= 4 is 22.1 Å². The highest BCUT2D eigenvalue weighted by atomic mass is 32.2. The van der Waals surface area contributed by atoms with Gasteiger partial charge >= 0.3 is 0 Å². The topological polar surface area (TPSA) is 42.0 Å². The molecule has 0 amide bonds. The van der Waals surface area contributed by atoms with Crippen molar-refractivity contribution in [2.75, 3.05) is 13.1 Å². The van der Waals surface area contributed by atoms with E-state index in [9.17, 15) is 4.21 Å². The Morgan fingerprint density at radius 1 is 1.75 bits per heavy atom. The Labute approximate surface area is 77.7 Å². The van der Waals surface area contributed by atoms with Crippen molar-refractivity contribution in [3.63, 3.8) is 0 Å². The second kappa shape index (κ2) is 3.64. The van der Waals surface area contributed by atoms with Gasteiger partial charge < -0.3 is 5.32 Å². The largest absolute Gasteiger partial charge is 0.315 e. The van der Waals surface area contributed by atoms with Crippen LogP contribution in [0.15, 0.2) is 15.9 Å². The maximum atomic E-state index is 11.7. The molecule has 1 aromatic rings. The molecule has 0 radical (unpaired) electrons. The van der Waals surface area contributed by atoms with Gasteiger partial charge in [0.1, 0.15) is 0 Å². The standard InChI is InChI=1S/C7H10N2OS2/c10-12(6-1-2-8-5-6)7-9-3-4-11-7/h3-4,6,8H,1-2,5H2/t6-,12+/m1/s1. The van der Waals surface area contributed by atoms with E-state index in [-0.39, 0.29) is 5.25 Å². The highest BCUT2D eigenvalue weighted by molar-refractivity contribution is 7.87. The molecule has 1 N–H and O–H groups in total. The summed E-state index contributed by atoms with van der Waals surface area (Å²) in [6.45, 7) is 1.86. The molecule has 0 unspecified atom stereocenters. The highest BCUT2D eigenvalue weighted by Crippen LogP contribution is 2.17. The first-order valence-electron chi connectivity index (χ1n) is 3.89. The maximum Gasteiger partial charge on any atom is 0.180 e. The lowest BCUT2D eigenvalue weighted by atomic mass is 10.4. The number of rotatable bonds is 2. The smallest absolute Gasteiger partial charge is 0.180 e. The summed E-state index contributed by atoms with van der Waals surface area (Å²) in [6, 6.07) is 0. The molecule has 2 heterocycles. The molecule has 1 saturated heterocycles. The minimum atomic E-state index is -0.883. The van der Waals surface area contributed by atoms with E-state index in [1.165, 1.54) is 11.3 Å². The lowest BCUT2D eigenvalue weighted by Crippen LogP contribution is -2.18. The van der Waals surface area contributed by atoms with Crippen LogP contribution < -0.4 is 5.32 Å². The molecule has 0 bridgehead atoms. The first-order valence-corrected chi connectivity index (χ1v) is 5.98. The Morgan fingerprint density at radius 2 is 2.67 bits per heavy atom. The fourth-order valence-electron chi connectivity index (χ4n) is 1.26. The summed E-state index contributed by atoms with van der Waals surface area (Å²) in [6.07, 6.45) is 2.71. The lowest BCUT2D eigenvalue weighted by molar-refractivity contribution is 0.671. The second-order valence-electron chi connectivity index (χ2n) is 2.71. The molecule has 0 spiro atoms. The van der Waals surface area contributed by atoms with Gasteiger partial charge in [-0.3, -0.25) is 4.21 Å². The molecule has 1 fully saturated rings. The van der Waals surface area contributed by atoms with E-state index in [0.29, 0.717) is 0 Å². The molecule has 0 saturated carbocycles. The summed E-state index contributed by atoms with van der Waals surface area (Å²) < 4.78 is 12.5. The normalized spacial score (nSPS) is 25.8. The van der Waals surface area contributed by atoms with Crippen molar-refractivity contribution in [2.45, 2.75) is 16.0 Å². The summed E-state index contributed by atoms with van der Waals surface area (Å²) in [5.41, 5.74) is 0. The number of nitrogens with one attached hydrogen (secondary N) is 1. The van der Waals surface area contributed by atoms with Gasteiger partial charge in [0.05, 0.1) is 16.0 Å². The zero-order valence-corrected chi connectivity index (χ0v) is 8.16. The van der Waals surface area contributed by atoms with E-state index in [1.54, 1.807) is 6.20 Å². The SMILES string of the molecule is O=[S@](c1nccs1)[C@@H]1CCNC1. The van der Waals surface area contributed by atoms with E-state index >= 15 is 0 Å². The van der Waals surface area contributed by atoms with Crippen molar-refractivity contribution in [2.24, 2.45) is 0 Å². The minimum absolute atomic E-state index is 0.274. The van der Waals surface area contributed by atoms with Crippen LogP contribution in [-0.4, -0.2) is 27.5 Å². The van der Waals surface area contributed by atoms with Gasteiger partial charge in [-0.15, -0.1) is 11.3 Å². The Morgan fingerprint density at radius 3 is 3.25 bits per heavy atom. The van der Waals surface area contributed by atoms with Crippen molar-refractivity contribution < 1.29 is 4.21 Å². The fraction of sp³-hybridized carbons (Fsp3) is 0.571. The quantitative estimate of drug-likeness (QED) is 0.764. The van der Waals surface area contributed by atoms with E-state index in [4.69, 9.17) is 0 Å². The minimum Gasteiger partial charge on any atom is -0.315 e. The Hall–Kier alpha value is -0.260. The molecule has 2 rings (SSSR count). The molecule has 1 aliphatic heterocycles. The first kappa shape index (κ1) is 8.34. The number of thiazole rings is 1. The third kappa shape index (κ3) is 1.57. The van der Waals surface area contributed by atoms with Crippen LogP contribution >= 0.6 is 11.3 Å². The molecule has 66 valence electrons. The fourth-order valence-corrected chi connectivity index (χ4v) is 3.63. The number of hydrogen-bond donors (Lipinski definition) is 1. The van der Waals surface area contributed by atoms with Gasteiger partial charge in [-0.2, -0.15) is 0 Å². The van der Waals surface area contributed by atoms with Gasteiger partial charge in [-0.1, -0.05) is 0 Å². The lowest BCUT2D eigenvalue weighted by Gasteiger charge is -2.03. The molecule has 0 aromatic carbocycles. The van der Waals surface area contributed by atoms with Crippen LogP contribution in [0, 0.1) is 0 Å². The first-order chi connectivity index (χ1) is 5.88. The summed E-state index contributed by atoms with van der Waals surface area (Å²) >= 11 is 1.48. The molecular formula is C7H10N2OS2. The van der Waals surface area contributed by atoms with Gasteiger partial charge in [0.2, 0.25) is 0 Å². The van der Waals surface area contributed by atoms with Gasteiger partial charge in [-0.05, 0) is 13.0 Å². The predicted octanol–water partition coefficient (Wildman–Crippen LogP) is 0.613. The van der Waals surface area contributed by atoms with Crippen molar-refractivity contribution in [3.8, 4) is 0 Å². The molecule has 0 aliphatic carbocycles. The monoisotopic (exact) mass is 202 g/mol. The molecule has 2 atom stereocenters. The van der Waals surface area contributed by atoms with Gasteiger partial charge in [-0.25, -0.2) is 4.98 Å². The summed E-state index contributed by atoms with van der Waals surface area (Å²) in [5.74, 6) is 0. The van der Waals surface area contributed by atoms with Crippen LogP contribution in [0.1, 0.15) is 6.42 Å². The van der Waals surface area contributed by atoms with Gasteiger partial charge in [0, 0.05) is 18.1 Å². The number of hydrogen-bond acceptors (Lipinski definition) is 4. The summed E-state index contributed by atoms with van der Waals surface area (Å²) in [4.78, 5) is 4.05. The van der Waals surface area contributed by atoms with E-state index in [2.05, 4.69) is 10.3 Å². The van der Waals surface area contributed by atoms with Crippen LogP contribution in [-0.2, 0) is 10.8 Å². The van der Waals surface area contributed by atoms with E-state index in [0.717, 1.165) is 23.8 Å². The molecular weight excluding hydrogens is 192 g/mol. The zero-order valence-electron chi connectivity index (χ0n) is 6.53. The summed E-state index contributed by atoms with van der Waals surface area (Å²) in [5, 5.41) is 5.34. The molecule has 1 aliphatic rings. The van der Waals surface area contributed by atoms with Crippen molar-refractivity contribution in [3.05, 3.63) is 11.6 Å². The van der Waals surface area contributed by atoms with Crippen LogP contribution in [0.2, 0.25) is 0 Å². The third-order valence-electron chi connectivity index (χ3n) is 1.90. The molecule has 12 heavy (non-hydrogen) atoms. The predicted molar refractivity (Wildman–Crippen MR) is 49.8 cm³/mol. The number of nitrogens with zero attached hydrogens (tertiary/aromatic N) is 1. The third-order valence-corrected chi connectivity index (χ3v) is 4.70. The maximum absolute atomic E-state index is 11.7. The average molecular weight is 202 g/mol. The molecule has 3 nitrogen and oxygen atoms in total. The second-order valence-corrected chi connectivity index (χ2v) is 5.51.